The van der Waals surface area contributed by atoms with Crippen molar-refractivity contribution in [1.29, 1.82) is 5.26 Å². The summed E-state index contributed by atoms with van der Waals surface area (Å²) in [6.45, 7) is 5.21. The van der Waals surface area contributed by atoms with Gasteiger partial charge in [-0.25, -0.2) is 0 Å². The fourth-order valence-corrected chi connectivity index (χ4v) is 4.27. The zero-order valence-corrected chi connectivity index (χ0v) is 23.6. The molecule has 8 heteroatoms. The maximum atomic E-state index is 12.7. The van der Waals surface area contributed by atoms with Gasteiger partial charge in [0.15, 0.2) is 11.5 Å². The van der Waals surface area contributed by atoms with E-state index in [1.165, 1.54) is 6.08 Å². The van der Waals surface area contributed by atoms with E-state index in [2.05, 4.69) is 50.5 Å². The lowest BCUT2D eigenvalue weighted by Crippen LogP contribution is -2.13. The zero-order valence-electron chi connectivity index (χ0n) is 19.3. The summed E-state index contributed by atoms with van der Waals surface area (Å²) in [6, 6.07) is 20.7. The number of nitrogens with zero attached hydrogens (tertiary/aromatic N) is 1. The zero-order chi connectivity index (χ0) is 25.2. The standard InChI is InChI=1S/C27H24I2N2O4/c1-3-33-23-11-9-22(10-12-23)31-27(32)20(16-30)13-19-14-24(29)26(25(15-19)34-4-2)35-17-18-5-7-21(28)8-6-18/h5-15H,3-4,17H2,1-2H3,(H,31,32)/b20-13+. The molecule has 180 valence electrons. The number of rotatable bonds is 10. The van der Waals surface area contributed by atoms with Crippen LogP contribution in [-0.4, -0.2) is 19.1 Å². The van der Waals surface area contributed by atoms with E-state index >= 15 is 0 Å². The van der Waals surface area contributed by atoms with Crippen molar-refractivity contribution in [2.75, 3.05) is 18.5 Å². The third kappa shape index (κ3) is 7.86. The van der Waals surface area contributed by atoms with E-state index in [1.54, 1.807) is 30.3 Å². The Morgan fingerprint density at radius 2 is 1.66 bits per heavy atom. The van der Waals surface area contributed by atoms with E-state index in [4.69, 9.17) is 14.2 Å². The molecule has 0 aliphatic carbocycles. The fourth-order valence-electron chi connectivity index (χ4n) is 3.13. The van der Waals surface area contributed by atoms with Crippen LogP contribution in [0.4, 0.5) is 5.69 Å². The molecular formula is C27H24I2N2O4. The summed E-state index contributed by atoms with van der Waals surface area (Å²) in [5, 5.41) is 12.4. The Kier molecular flexibility index (Phi) is 10.2. The van der Waals surface area contributed by atoms with Gasteiger partial charge < -0.3 is 19.5 Å². The maximum absolute atomic E-state index is 12.7. The average molecular weight is 694 g/mol. The van der Waals surface area contributed by atoms with Crippen molar-refractivity contribution in [3.05, 3.63) is 84.5 Å². The van der Waals surface area contributed by atoms with Crippen LogP contribution < -0.4 is 19.5 Å². The van der Waals surface area contributed by atoms with Crippen LogP contribution in [0, 0.1) is 18.5 Å². The summed E-state index contributed by atoms with van der Waals surface area (Å²) in [5.74, 6) is 1.40. The van der Waals surface area contributed by atoms with Crippen LogP contribution in [0.15, 0.2) is 66.2 Å². The number of benzene rings is 3. The molecule has 1 amide bonds. The number of carbonyl (C=O) groups excluding carboxylic acids is 1. The molecule has 0 aliphatic heterocycles. The normalized spacial score (nSPS) is 10.9. The topological polar surface area (TPSA) is 80.6 Å². The Bertz CT molecular complexity index is 1230. The van der Waals surface area contributed by atoms with Crippen LogP contribution in [-0.2, 0) is 11.4 Å². The second-order valence-electron chi connectivity index (χ2n) is 7.26. The van der Waals surface area contributed by atoms with Gasteiger partial charge >= 0.3 is 0 Å². The average Bonchev–Trinajstić information content (AvgIpc) is 2.84. The number of nitriles is 1. The predicted octanol–water partition coefficient (Wildman–Crippen LogP) is 6.82. The fraction of sp³-hybridized carbons (Fsp3) is 0.185. The molecule has 0 atom stereocenters. The lowest BCUT2D eigenvalue weighted by atomic mass is 10.1. The number of hydrogen-bond acceptors (Lipinski definition) is 5. The van der Waals surface area contributed by atoms with Crippen molar-refractivity contribution < 1.29 is 19.0 Å². The van der Waals surface area contributed by atoms with Gasteiger partial charge in [-0.2, -0.15) is 5.26 Å². The van der Waals surface area contributed by atoms with Crippen molar-refractivity contribution in [3.8, 4) is 23.3 Å². The number of ether oxygens (including phenoxy) is 3. The molecule has 0 heterocycles. The van der Waals surface area contributed by atoms with E-state index < -0.39 is 5.91 Å². The predicted molar refractivity (Wildman–Crippen MR) is 154 cm³/mol. The minimum atomic E-state index is -0.497. The van der Waals surface area contributed by atoms with Crippen molar-refractivity contribution in [2.24, 2.45) is 0 Å². The number of hydrogen-bond donors (Lipinski definition) is 1. The molecule has 0 aromatic heterocycles. The first-order valence-electron chi connectivity index (χ1n) is 10.9. The van der Waals surface area contributed by atoms with Gasteiger partial charge in [0.05, 0.1) is 16.8 Å². The van der Waals surface area contributed by atoms with Crippen molar-refractivity contribution in [1.82, 2.24) is 0 Å². The molecule has 3 aromatic carbocycles. The number of nitrogens with one attached hydrogen (secondary N) is 1. The van der Waals surface area contributed by atoms with Gasteiger partial charge in [-0.05, 0) is 125 Å². The molecule has 0 aliphatic rings. The van der Waals surface area contributed by atoms with Crippen LogP contribution >= 0.6 is 45.2 Å². The summed E-state index contributed by atoms with van der Waals surface area (Å²) in [7, 11) is 0. The molecule has 35 heavy (non-hydrogen) atoms. The first-order valence-corrected chi connectivity index (χ1v) is 13.1. The van der Waals surface area contributed by atoms with Crippen LogP contribution in [0.2, 0.25) is 0 Å². The second kappa shape index (κ2) is 13.3. The first-order chi connectivity index (χ1) is 16.9. The third-order valence-electron chi connectivity index (χ3n) is 4.73. The Labute approximate surface area is 232 Å². The van der Waals surface area contributed by atoms with Gasteiger partial charge in [-0.15, -0.1) is 0 Å². The monoisotopic (exact) mass is 694 g/mol. The summed E-state index contributed by atoms with van der Waals surface area (Å²) in [4.78, 5) is 12.7. The minimum Gasteiger partial charge on any atom is -0.494 e. The third-order valence-corrected chi connectivity index (χ3v) is 6.25. The van der Waals surface area contributed by atoms with Crippen LogP contribution in [0.25, 0.3) is 6.08 Å². The quantitative estimate of drug-likeness (QED) is 0.143. The largest absolute Gasteiger partial charge is 0.494 e. The van der Waals surface area contributed by atoms with Gasteiger partial charge in [0.2, 0.25) is 0 Å². The lowest BCUT2D eigenvalue weighted by Gasteiger charge is -2.15. The Balaban J connectivity index is 1.79. The Hall–Kier alpha value is -2.78. The molecule has 3 rings (SSSR count). The van der Waals surface area contributed by atoms with Gasteiger partial charge in [-0.1, -0.05) is 12.1 Å². The molecule has 3 aromatic rings. The highest BCUT2D eigenvalue weighted by Crippen LogP contribution is 2.35. The van der Waals surface area contributed by atoms with Crippen LogP contribution in [0.3, 0.4) is 0 Å². The summed E-state index contributed by atoms with van der Waals surface area (Å²) < 4.78 is 19.3. The van der Waals surface area contributed by atoms with Crippen molar-refractivity contribution >= 4 is 62.9 Å². The van der Waals surface area contributed by atoms with Gasteiger partial charge in [0.1, 0.15) is 24.0 Å². The highest BCUT2D eigenvalue weighted by atomic mass is 127. The number of carbonyl (C=O) groups is 1. The van der Waals surface area contributed by atoms with Crippen LogP contribution in [0.1, 0.15) is 25.0 Å². The Morgan fingerprint density at radius 3 is 2.29 bits per heavy atom. The second-order valence-corrected chi connectivity index (χ2v) is 9.67. The van der Waals surface area contributed by atoms with Crippen molar-refractivity contribution in [3.63, 3.8) is 0 Å². The number of amides is 1. The molecule has 0 spiro atoms. The van der Waals surface area contributed by atoms with E-state index in [1.807, 2.05) is 50.2 Å². The van der Waals surface area contributed by atoms with E-state index in [0.29, 0.717) is 48.3 Å². The van der Waals surface area contributed by atoms with Gasteiger partial charge in [0.25, 0.3) is 5.91 Å². The van der Waals surface area contributed by atoms with E-state index in [0.717, 1.165) is 12.7 Å². The smallest absolute Gasteiger partial charge is 0.266 e. The molecule has 0 unspecified atom stereocenters. The van der Waals surface area contributed by atoms with E-state index in [9.17, 15) is 10.1 Å². The molecule has 1 N–H and O–H groups in total. The highest BCUT2D eigenvalue weighted by Gasteiger charge is 2.15. The summed E-state index contributed by atoms with van der Waals surface area (Å²) in [6.07, 6.45) is 1.54. The van der Waals surface area contributed by atoms with Crippen LogP contribution in [0.5, 0.6) is 17.2 Å². The SMILES string of the molecule is CCOc1ccc(NC(=O)/C(C#N)=C/c2cc(I)c(OCc3ccc(I)cc3)c(OCC)c2)cc1. The molecule has 6 nitrogen and oxygen atoms in total. The molecular weight excluding hydrogens is 670 g/mol. The minimum absolute atomic E-state index is 0.0234. The first kappa shape index (κ1) is 26.8. The summed E-state index contributed by atoms with van der Waals surface area (Å²) >= 11 is 4.44. The maximum Gasteiger partial charge on any atom is 0.266 e. The number of halogens is 2. The molecule has 0 saturated carbocycles. The highest BCUT2D eigenvalue weighted by molar-refractivity contribution is 14.1. The lowest BCUT2D eigenvalue weighted by molar-refractivity contribution is -0.112. The molecule has 0 saturated heterocycles. The molecule has 0 fully saturated rings. The summed E-state index contributed by atoms with van der Waals surface area (Å²) in [5.41, 5.74) is 2.26. The van der Waals surface area contributed by atoms with Gasteiger partial charge in [-0.3, -0.25) is 4.79 Å². The Morgan fingerprint density at radius 1 is 0.971 bits per heavy atom. The van der Waals surface area contributed by atoms with Gasteiger partial charge in [0, 0.05) is 9.26 Å². The molecule has 0 radical (unpaired) electrons. The molecule has 0 bridgehead atoms. The number of anilines is 1. The van der Waals surface area contributed by atoms with E-state index in [-0.39, 0.29) is 5.57 Å². The van der Waals surface area contributed by atoms with Crippen molar-refractivity contribution in [2.45, 2.75) is 20.5 Å².